The standard InChI is InChI=1S/C55H102O6/c1-4-7-10-13-16-19-21-23-25-27-29-31-33-36-39-42-45-48-54(57)60-51-52(50-59-53(56)47-44-41-38-35-18-15-12-9-6-3)61-55(58)49-46-43-40-37-34-32-30-28-26-24-22-20-17-14-11-8-5-2/h16,19,23,25,52H,4-15,17-18,20-22,24,26-51H2,1-3H3/b19-16-,25-23-. The molecular weight excluding hydrogens is 757 g/mol. The zero-order valence-corrected chi connectivity index (χ0v) is 40.9. The van der Waals surface area contributed by atoms with E-state index >= 15 is 0 Å². The average molecular weight is 859 g/mol. The van der Waals surface area contributed by atoms with Gasteiger partial charge in [0.2, 0.25) is 0 Å². The van der Waals surface area contributed by atoms with Crippen molar-refractivity contribution in [3.8, 4) is 0 Å². The number of carbonyl (C=O) groups excluding carboxylic acids is 3. The third-order valence-electron chi connectivity index (χ3n) is 12.0. The Morgan fingerprint density at radius 2 is 0.590 bits per heavy atom. The largest absolute Gasteiger partial charge is 0.462 e. The summed E-state index contributed by atoms with van der Waals surface area (Å²) in [4.78, 5) is 37.9. The molecule has 0 aliphatic carbocycles. The number of hydrogen-bond donors (Lipinski definition) is 0. The Balaban J connectivity index is 4.28. The second-order valence-electron chi connectivity index (χ2n) is 18.2. The molecule has 0 radical (unpaired) electrons. The Morgan fingerprint density at radius 1 is 0.328 bits per heavy atom. The lowest BCUT2D eigenvalue weighted by Gasteiger charge is -2.18. The lowest BCUT2D eigenvalue weighted by Crippen LogP contribution is -2.30. The summed E-state index contributed by atoms with van der Waals surface area (Å²) in [5.41, 5.74) is 0. The molecule has 0 heterocycles. The van der Waals surface area contributed by atoms with Gasteiger partial charge in [-0.3, -0.25) is 14.4 Å². The van der Waals surface area contributed by atoms with E-state index in [1.165, 1.54) is 180 Å². The minimum Gasteiger partial charge on any atom is -0.462 e. The molecule has 0 aromatic heterocycles. The molecule has 0 fully saturated rings. The van der Waals surface area contributed by atoms with Crippen LogP contribution in [0.1, 0.15) is 290 Å². The third kappa shape index (κ3) is 48.8. The molecule has 0 bridgehead atoms. The van der Waals surface area contributed by atoms with E-state index in [-0.39, 0.29) is 31.1 Å². The molecule has 0 amide bonds. The van der Waals surface area contributed by atoms with Gasteiger partial charge in [-0.05, 0) is 51.4 Å². The van der Waals surface area contributed by atoms with Crippen molar-refractivity contribution < 1.29 is 28.6 Å². The van der Waals surface area contributed by atoms with Crippen molar-refractivity contribution >= 4 is 17.9 Å². The van der Waals surface area contributed by atoms with Crippen LogP contribution in [0.3, 0.4) is 0 Å². The number of allylic oxidation sites excluding steroid dienone is 4. The van der Waals surface area contributed by atoms with E-state index in [9.17, 15) is 14.4 Å². The van der Waals surface area contributed by atoms with Gasteiger partial charge in [0.1, 0.15) is 13.2 Å². The van der Waals surface area contributed by atoms with Gasteiger partial charge in [-0.1, -0.05) is 244 Å². The first-order chi connectivity index (χ1) is 30.0. The second kappa shape index (κ2) is 50.5. The number of rotatable bonds is 49. The summed E-state index contributed by atoms with van der Waals surface area (Å²) in [7, 11) is 0. The van der Waals surface area contributed by atoms with Gasteiger partial charge >= 0.3 is 17.9 Å². The number of esters is 3. The van der Waals surface area contributed by atoms with Crippen molar-refractivity contribution in [2.24, 2.45) is 0 Å². The highest BCUT2D eigenvalue weighted by Crippen LogP contribution is 2.16. The fourth-order valence-electron chi connectivity index (χ4n) is 7.89. The molecule has 0 saturated heterocycles. The molecule has 0 aromatic rings. The molecule has 1 unspecified atom stereocenters. The molecule has 6 heteroatoms. The molecule has 6 nitrogen and oxygen atoms in total. The summed E-state index contributed by atoms with van der Waals surface area (Å²) in [6, 6.07) is 0. The molecule has 0 aromatic carbocycles. The Labute approximate surface area is 379 Å². The summed E-state index contributed by atoms with van der Waals surface area (Å²) in [5.74, 6) is -0.864. The van der Waals surface area contributed by atoms with Crippen LogP contribution in [0.15, 0.2) is 24.3 Å². The lowest BCUT2D eigenvalue weighted by molar-refractivity contribution is -0.167. The second-order valence-corrected chi connectivity index (χ2v) is 18.2. The van der Waals surface area contributed by atoms with Crippen LogP contribution in [0.4, 0.5) is 0 Å². The zero-order chi connectivity index (χ0) is 44.4. The van der Waals surface area contributed by atoms with Crippen LogP contribution < -0.4 is 0 Å². The van der Waals surface area contributed by atoms with Gasteiger partial charge in [-0.15, -0.1) is 0 Å². The molecule has 61 heavy (non-hydrogen) atoms. The number of ether oxygens (including phenoxy) is 3. The fraction of sp³-hybridized carbons (Fsp3) is 0.873. The number of unbranched alkanes of at least 4 members (excludes halogenated alkanes) is 34. The molecular formula is C55H102O6. The van der Waals surface area contributed by atoms with Crippen LogP contribution in [-0.4, -0.2) is 37.2 Å². The number of hydrogen-bond acceptors (Lipinski definition) is 6. The van der Waals surface area contributed by atoms with Crippen molar-refractivity contribution in [1.82, 2.24) is 0 Å². The SMILES string of the molecule is CCCCC/C=C\C/C=C\CCCCCCCCCC(=O)OCC(COC(=O)CCCCCCCCCCC)OC(=O)CCCCCCCCCCCCCCCCCCC. The van der Waals surface area contributed by atoms with E-state index in [1.54, 1.807) is 0 Å². The summed E-state index contributed by atoms with van der Waals surface area (Å²) < 4.78 is 16.8. The van der Waals surface area contributed by atoms with Crippen LogP contribution in [0.25, 0.3) is 0 Å². The topological polar surface area (TPSA) is 78.9 Å². The average Bonchev–Trinajstić information content (AvgIpc) is 3.26. The first-order valence-electron chi connectivity index (χ1n) is 26.8. The van der Waals surface area contributed by atoms with Crippen molar-refractivity contribution in [1.29, 1.82) is 0 Å². The van der Waals surface area contributed by atoms with Crippen LogP contribution in [0.5, 0.6) is 0 Å². The van der Waals surface area contributed by atoms with E-state index in [4.69, 9.17) is 14.2 Å². The van der Waals surface area contributed by atoms with Gasteiger partial charge in [-0.25, -0.2) is 0 Å². The van der Waals surface area contributed by atoms with Crippen LogP contribution >= 0.6 is 0 Å². The monoisotopic (exact) mass is 859 g/mol. The highest BCUT2D eigenvalue weighted by atomic mass is 16.6. The van der Waals surface area contributed by atoms with Crippen LogP contribution in [-0.2, 0) is 28.6 Å². The Kier molecular flexibility index (Phi) is 48.8. The van der Waals surface area contributed by atoms with Gasteiger partial charge in [0.25, 0.3) is 0 Å². The Hall–Kier alpha value is -2.11. The van der Waals surface area contributed by atoms with Crippen molar-refractivity contribution in [3.63, 3.8) is 0 Å². The van der Waals surface area contributed by atoms with E-state index < -0.39 is 6.10 Å². The fourth-order valence-corrected chi connectivity index (χ4v) is 7.89. The molecule has 358 valence electrons. The predicted molar refractivity (Wildman–Crippen MR) is 261 cm³/mol. The first kappa shape index (κ1) is 58.9. The summed E-state index contributed by atoms with van der Waals surface area (Å²) in [6.45, 7) is 6.62. The van der Waals surface area contributed by atoms with Crippen molar-refractivity contribution in [3.05, 3.63) is 24.3 Å². The quantitative estimate of drug-likeness (QED) is 0.0262. The molecule has 1 atom stereocenters. The molecule has 0 N–H and O–H groups in total. The summed E-state index contributed by atoms with van der Waals surface area (Å²) in [6.07, 6.45) is 57.4. The van der Waals surface area contributed by atoms with Gasteiger partial charge in [0.05, 0.1) is 0 Å². The normalized spacial score (nSPS) is 12.1. The molecule has 0 rings (SSSR count). The van der Waals surface area contributed by atoms with Gasteiger partial charge < -0.3 is 14.2 Å². The zero-order valence-electron chi connectivity index (χ0n) is 40.9. The number of carbonyl (C=O) groups is 3. The smallest absolute Gasteiger partial charge is 0.306 e. The highest BCUT2D eigenvalue weighted by molar-refractivity contribution is 5.71. The van der Waals surface area contributed by atoms with Gasteiger partial charge in [0, 0.05) is 19.3 Å². The summed E-state index contributed by atoms with van der Waals surface area (Å²) in [5, 5.41) is 0. The van der Waals surface area contributed by atoms with E-state index in [0.29, 0.717) is 19.3 Å². The highest BCUT2D eigenvalue weighted by Gasteiger charge is 2.19. The molecule has 0 spiro atoms. The molecule has 0 aliphatic rings. The van der Waals surface area contributed by atoms with Gasteiger partial charge in [-0.2, -0.15) is 0 Å². The lowest BCUT2D eigenvalue weighted by atomic mass is 10.0. The summed E-state index contributed by atoms with van der Waals surface area (Å²) >= 11 is 0. The van der Waals surface area contributed by atoms with E-state index in [0.717, 1.165) is 70.6 Å². The minimum absolute atomic E-state index is 0.0692. The van der Waals surface area contributed by atoms with E-state index in [2.05, 4.69) is 45.1 Å². The van der Waals surface area contributed by atoms with Crippen molar-refractivity contribution in [2.75, 3.05) is 13.2 Å². The minimum atomic E-state index is -0.767. The van der Waals surface area contributed by atoms with Crippen molar-refractivity contribution in [2.45, 2.75) is 297 Å². The van der Waals surface area contributed by atoms with Crippen LogP contribution in [0, 0.1) is 0 Å². The maximum Gasteiger partial charge on any atom is 0.306 e. The van der Waals surface area contributed by atoms with E-state index in [1.807, 2.05) is 0 Å². The van der Waals surface area contributed by atoms with Gasteiger partial charge in [0.15, 0.2) is 6.10 Å². The third-order valence-corrected chi connectivity index (χ3v) is 12.0. The first-order valence-corrected chi connectivity index (χ1v) is 26.8. The predicted octanol–water partition coefficient (Wildman–Crippen LogP) is 17.5. The van der Waals surface area contributed by atoms with Crippen LogP contribution in [0.2, 0.25) is 0 Å². The Morgan fingerprint density at radius 3 is 0.934 bits per heavy atom. The maximum atomic E-state index is 12.8. The maximum absolute atomic E-state index is 12.8. The Bertz CT molecular complexity index is 989. The molecule has 0 saturated carbocycles. The molecule has 0 aliphatic heterocycles.